The van der Waals surface area contributed by atoms with Gasteiger partial charge >= 0.3 is 0 Å². The largest absolute Gasteiger partial charge is 0.346 e. The van der Waals surface area contributed by atoms with Crippen molar-refractivity contribution in [2.45, 2.75) is 5.03 Å². The zero-order chi connectivity index (χ0) is 7.78. The highest BCUT2D eigenvalue weighted by Gasteiger charge is 1.83. The van der Waals surface area contributed by atoms with Crippen molar-refractivity contribution >= 4 is 12.6 Å². The quantitative estimate of drug-likeness (QED) is 0.488. The third-order valence-corrected chi connectivity index (χ3v) is 1.09. The van der Waals surface area contributed by atoms with Crippen LogP contribution in [0.5, 0.6) is 0 Å². The number of aryl methyl sites for hydroxylation is 1. The van der Waals surface area contributed by atoms with E-state index in [0.29, 0.717) is 5.03 Å². The summed E-state index contributed by atoms with van der Waals surface area (Å²) in [6, 6.07) is 3.28. The molecule has 0 amide bonds. The van der Waals surface area contributed by atoms with Crippen molar-refractivity contribution < 1.29 is 4.11 Å². The van der Waals surface area contributed by atoms with Gasteiger partial charge in [0.25, 0.3) is 0 Å². The Balaban J connectivity index is 3.05. The van der Waals surface area contributed by atoms with Crippen molar-refractivity contribution in [3.05, 3.63) is 18.3 Å². The van der Waals surface area contributed by atoms with Crippen molar-refractivity contribution in [3.63, 3.8) is 0 Å². The van der Waals surface area contributed by atoms with Crippen LogP contribution in [0.1, 0.15) is 4.11 Å². The van der Waals surface area contributed by atoms with Crippen molar-refractivity contribution in [1.29, 1.82) is 0 Å². The molecule has 0 bridgehead atoms. The number of thiol groups is 1. The molecule has 38 valence electrons. The Morgan fingerprint density at radius 3 is 3.14 bits per heavy atom. The van der Waals surface area contributed by atoms with Crippen molar-refractivity contribution in [2.75, 3.05) is 0 Å². The molecule has 0 aromatic carbocycles. The highest BCUT2D eigenvalue weighted by molar-refractivity contribution is 7.80. The molecule has 0 spiro atoms. The molecule has 1 heterocycles. The van der Waals surface area contributed by atoms with Crippen LogP contribution in [0.2, 0.25) is 0 Å². The summed E-state index contributed by atoms with van der Waals surface area (Å²) >= 11 is 3.95. The van der Waals surface area contributed by atoms with Gasteiger partial charge in [0, 0.05) is 17.3 Å². The van der Waals surface area contributed by atoms with Gasteiger partial charge in [0.1, 0.15) is 0 Å². The summed E-state index contributed by atoms with van der Waals surface area (Å²) in [6.45, 7) is -2.10. The van der Waals surface area contributed by atoms with Gasteiger partial charge in [-0.25, -0.2) is 0 Å². The van der Waals surface area contributed by atoms with Gasteiger partial charge in [-0.2, -0.15) is 0 Å². The summed E-state index contributed by atoms with van der Waals surface area (Å²) in [7, 11) is 0. The van der Waals surface area contributed by atoms with Gasteiger partial charge in [0.2, 0.25) is 0 Å². The van der Waals surface area contributed by atoms with Crippen molar-refractivity contribution in [2.24, 2.45) is 6.98 Å². The molecule has 0 aliphatic carbocycles. The molecule has 7 heavy (non-hydrogen) atoms. The van der Waals surface area contributed by atoms with Crippen LogP contribution in [0.25, 0.3) is 0 Å². The molecular formula is C5H7NS. The minimum absolute atomic E-state index is 0.458. The molecule has 0 aliphatic rings. The van der Waals surface area contributed by atoms with Gasteiger partial charge in [-0.15, -0.1) is 12.6 Å². The Labute approximate surface area is 52.6 Å². The molecule has 0 N–H and O–H groups in total. The third kappa shape index (κ3) is 0.800. The predicted molar refractivity (Wildman–Crippen MR) is 32.7 cm³/mol. The first-order chi connectivity index (χ1) is 4.52. The average Bonchev–Trinajstić information content (AvgIpc) is 2.11. The van der Waals surface area contributed by atoms with E-state index < -0.39 is 6.98 Å². The van der Waals surface area contributed by atoms with Gasteiger partial charge in [0.05, 0.1) is 5.03 Å². The zero-order valence-electron chi connectivity index (χ0n) is 6.63. The van der Waals surface area contributed by atoms with Crippen LogP contribution >= 0.6 is 12.6 Å². The average molecular weight is 116 g/mol. The second-order valence-corrected chi connectivity index (χ2v) is 1.69. The molecule has 0 saturated carbocycles. The summed E-state index contributed by atoms with van der Waals surface area (Å²) in [5.74, 6) is 0. The lowest BCUT2D eigenvalue weighted by molar-refractivity contribution is 0.832. The fourth-order valence-corrected chi connectivity index (χ4v) is 0.525. The Kier molecular flexibility index (Phi) is 0.525. The molecule has 0 saturated heterocycles. The fraction of sp³-hybridized carbons (Fsp3) is 0.200. The molecule has 1 aromatic rings. The van der Waals surface area contributed by atoms with Gasteiger partial charge in [-0.3, -0.25) is 0 Å². The maximum Gasteiger partial charge on any atom is 0.0714 e. The number of rotatable bonds is 0. The van der Waals surface area contributed by atoms with E-state index in [1.54, 1.807) is 12.1 Å². The van der Waals surface area contributed by atoms with Gasteiger partial charge in [-0.05, 0) is 12.1 Å². The van der Waals surface area contributed by atoms with Crippen molar-refractivity contribution in [1.82, 2.24) is 4.57 Å². The van der Waals surface area contributed by atoms with E-state index in [2.05, 4.69) is 12.6 Å². The zero-order valence-corrected chi connectivity index (χ0v) is 4.52. The van der Waals surface area contributed by atoms with Crippen molar-refractivity contribution in [3.8, 4) is 0 Å². The van der Waals surface area contributed by atoms with E-state index in [9.17, 15) is 0 Å². The van der Waals surface area contributed by atoms with E-state index >= 15 is 0 Å². The van der Waals surface area contributed by atoms with E-state index in [0.717, 1.165) is 4.57 Å². The van der Waals surface area contributed by atoms with E-state index in [4.69, 9.17) is 4.11 Å². The molecule has 0 aliphatic heterocycles. The van der Waals surface area contributed by atoms with Crippen LogP contribution in [0, 0.1) is 0 Å². The van der Waals surface area contributed by atoms with Gasteiger partial charge in [0.15, 0.2) is 0 Å². The first kappa shape index (κ1) is 2.27. The Hall–Kier alpha value is -0.370. The molecule has 0 atom stereocenters. The number of hydrogen-bond acceptors (Lipinski definition) is 1. The summed E-state index contributed by atoms with van der Waals surface area (Å²) in [5, 5.41) is 0.458. The minimum atomic E-state index is -2.10. The predicted octanol–water partition coefficient (Wildman–Crippen LogP) is 1.31. The van der Waals surface area contributed by atoms with Gasteiger partial charge < -0.3 is 4.57 Å². The lowest BCUT2D eigenvalue weighted by Gasteiger charge is -1.88. The van der Waals surface area contributed by atoms with Crippen LogP contribution in [-0.4, -0.2) is 4.57 Å². The summed E-state index contributed by atoms with van der Waals surface area (Å²) in [4.78, 5) is 0. The van der Waals surface area contributed by atoms with E-state index in [1.807, 2.05) is 0 Å². The van der Waals surface area contributed by atoms with Crippen LogP contribution < -0.4 is 0 Å². The Morgan fingerprint density at radius 1 is 2.00 bits per heavy atom. The maximum atomic E-state index is 6.98. The smallest absolute Gasteiger partial charge is 0.0714 e. The lowest BCUT2D eigenvalue weighted by atomic mass is 10.7. The van der Waals surface area contributed by atoms with Crippen LogP contribution in [-0.2, 0) is 6.98 Å². The highest BCUT2D eigenvalue weighted by Crippen LogP contribution is 2.02. The molecule has 1 aromatic heterocycles. The van der Waals surface area contributed by atoms with E-state index in [1.165, 1.54) is 6.20 Å². The SMILES string of the molecule is [2H]C([2H])([2H])n1cccc1S. The standard InChI is InChI=1S/C5H7NS/c1-6-4-2-3-5(6)7/h2-4,7H,1H3/i1D3. The second kappa shape index (κ2) is 1.62. The minimum Gasteiger partial charge on any atom is -0.346 e. The number of aromatic nitrogens is 1. The molecular weight excluding hydrogens is 106 g/mol. The molecule has 0 fully saturated rings. The van der Waals surface area contributed by atoms with Crippen LogP contribution in [0.3, 0.4) is 0 Å². The Morgan fingerprint density at radius 2 is 2.86 bits per heavy atom. The molecule has 2 heteroatoms. The van der Waals surface area contributed by atoms with E-state index in [-0.39, 0.29) is 0 Å². The Bertz CT molecular complexity index is 227. The summed E-state index contributed by atoms with van der Waals surface area (Å²) < 4.78 is 22.1. The summed E-state index contributed by atoms with van der Waals surface area (Å²) in [5.41, 5.74) is 0. The highest BCUT2D eigenvalue weighted by atomic mass is 32.1. The number of nitrogens with zero attached hydrogens (tertiary/aromatic N) is 1. The second-order valence-electron chi connectivity index (χ2n) is 1.24. The molecule has 1 rings (SSSR count). The first-order valence-electron chi connectivity index (χ1n) is 3.38. The maximum absolute atomic E-state index is 6.98. The molecule has 0 unspecified atom stereocenters. The molecule has 1 nitrogen and oxygen atoms in total. The fourth-order valence-electron chi connectivity index (χ4n) is 0.372. The number of hydrogen-bond donors (Lipinski definition) is 1. The normalized spacial score (nSPS) is 17.6. The third-order valence-electron chi connectivity index (χ3n) is 0.727. The topological polar surface area (TPSA) is 4.93 Å². The van der Waals surface area contributed by atoms with Crippen LogP contribution in [0.15, 0.2) is 23.4 Å². The molecule has 0 radical (unpaired) electrons. The first-order valence-corrected chi connectivity index (χ1v) is 2.33. The van der Waals surface area contributed by atoms with Crippen LogP contribution in [0.4, 0.5) is 0 Å². The van der Waals surface area contributed by atoms with Gasteiger partial charge in [-0.1, -0.05) is 0 Å². The summed E-state index contributed by atoms with van der Waals surface area (Å²) in [6.07, 6.45) is 1.48. The monoisotopic (exact) mass is 116 g/mol. The lowest BCUT2D eigenvalue weighted by Crippen LogP contribution is -1.81.